The Morgan fingerprint density at radius 1 is 1.41 bits per heavy atom. The van der Waals surface area contributed by atoms with Gasteiger partial charge < -0.3 is 11.1 Å². The van der Waals surface area contributed by atoms with Crippen LogP contribution in [0.5, 0.6) is 0 Å². The maximum atomic E-state index is 11.6. The number of hydrogen-bond acceptors (Lipinski definition) is 4. The molecule has 0 aromatic heterocycles. The molecule has 4 N–H and O–H groups in total. The number of carbonyl (C=O) groups is 2. The van der Waals surface area contributed by atoms with E-state index in [9.17, 15) is 9.59 Å². The standard InChI is InChI=1S/C11H12ClN3O2/c12-6-2-1-3-7(13)10(6)14-8-4-5-9(16)15-11(8)17/h1-3,8,14H,4-5,13H2,(H,15,16,17). The number of nitrogens with two attached hydrogens (primary N) is 1. The molecule has 2 rings (SSSR count). The Bertz CT molecular complexity index is 456. The first kappa shape index (κ1) is 11.7. The second-order valence-corrected chi connectivity index (χ2v) is 4.26. The number of carbonyl (C=O) groups excluding carboxylic acids is 2. The van der Waals surface area contributed by atoms with Crippen molar-refractivity contribution in [1.29, 1.82) is 0 Å². The van der Waals surface area contributed by atoms with Gasteiger partial charge in [-0.15, -0.1) is 0 Å². The topological polar surface area (TPSA) is 84.2 Å². The van der Waals surface area contributed by atoms with Gasteiger partial charge >= 0.3 is 0 Å². The molecule has 6 heteroatoms. The number of piperidine rings is 1. The Morgan fingerprint density at radius 2 is 2.18 bits per heavy atom. The van der Waals surface area contributed by atoms with Crippen LogP contribution in [0.3, 0.4) is 0 Å². The number of nitrogen functional groups attached to an aromatic ring is 1. The van der Waals surface area contributed by atoms with Gasteiger partial charge in [0.15, 0.2) is 0 Å². The van der Waals surface area contributed by atoms with Gasteiger partial charge in [-0.05, 0) is 18.6 Å². The average Bonchev–Trinajstić information content (AvgIpc) is 2.26. The van der Waals surface area contributed by atoms with Crippen molar-refractivity contribution in [1.82, 2.24) is 5.32 Å². The Hall–Kier alpha value is -1.75. The molecule has 1 heterocycles. The summed E-state index contributed by atoms with van der Waals surface area (Å²) < 4.78 is 0. The summed E-state index contributed by atoms with van der Waals surface area (Å²) in [7, 11) is 0. The molecule has 2 amide bonds. The second kappa shape index (κ2) is 4.63. The van der Waals surface area contributed by atoms with Crippen LogP contribution in [-0.2, 0) is 9.59 Å². The molecule has 17 heavy (non-hydrogen) atoms. The molecule has 1 aromatic rings. The summed E-state index contributed by atoms with van der Waals surface area (Å²) in [6.07, 6.45) is 0.753. The first-order valence-corrected chi connectivity index (χ1v) is 5.60. The zero-order valence-corrected chi connectivity index (χ0v) is 9.75. The van der Waals surface area contributed by atoms with E-state index in [4.69, 9.17) is 17.3 Å². The van der Waals surface area contributed by atoms with Gasteiger partial charge in [-0.2, -0.15) is 0 Å². The highest BCUT2D eigenvalue weighted by Crippen LogP contribution is 2.29. The molecule has 1 saturated heterocycles. The smallest absolute Gasteiger partial charge is 0.249 e. The van der Waals surface area contributed by atoms with E-state index in [-0.39, 0.29) is 11.8 Å². The third kappa shape index (κ3) is 2.50. The molecule has 1 atom stereocenters. The van der Waals surface area contributed by atoms with Gasteiger partial charge in [0.2, 0.25) is 11.8 Å². The number of nitrogens with one attached hydrogen (secondary N) is 2. The van der Waals surface area contributed by atoms with Crippen LogP contribution in [-0.4, -0.2) is 17.9 Å². The van der Waals surface area contributed by atoms with Crippen molar-refractivity contribution in [3.8, 4) is 0 Å². The molecular formula is C11H12ClN3O2. The first-order chi connectivity index (χ1) is 8.08. The number of amides is 2. The molecule has 1 fully saturated rings. The zero-order valence-electron chi connectivity index (χ0n) is 9.00. The molecule has 5 nitrogen and oxygen atoms in total. The Morgan fingerprint density at radius 3 is 2.82 bits per heavy atom. The summed E-state index contributed by atoms with van der Waals surface area (Å²) in [5.74, 6) is -0.597. The fourth-order valence-corrected chi connectivity index (χ4v) is 1.93. The summed E-state index contributed by atoms with van der Waals surface area (Å²) in [5, 5.41) is 5.68. The van der Waals surface area contributed by atoms with E-state index in [0.29, 0.717) is 29.2 Å². The van der Waals surface area contributed by atoms with Gasteiger partial charge in [0.05, 0.1) is 16.4 Å². The highest BCUT2D eigenvalue weighted by atomic mass is 35.5. The summed E-state index contributed by atoms with van der Waals surface area (Å²) in [4.78, 5) is 22.5. The summed E-state index contributed by atoms with van der Waals surface area (Å²) in [5.41, 5.74) is 6.77. The minimum atomic E-state index is -0.477. The van der Waals surface area contributed by atoms with Crippen LogP contribution < -0.4 is 16.4 Å². The van der Waals surface area contributed by atoms with Crippen LogP contribution in [0, 0.1) is 0 Å². The van der Waals surface area contributed by atoms with E-state index in [1.807, 2.05) is 0 Å². The predicted molar refractivity (Wildman–Crippen MR) is 65.7 cm³/mol. The number of hydrogen-bond donors (Lipinski definition) is 3. The predicted octanol–water partition coefficient (Wildman–Crippen LogP) is 1.14. The van der Waals surface area contributed by atoms with Gasteiger partial charge in [-0.3, -0.25) is 14.9 Å². The van der Waals surface area contributed by atoms with Crippen molar-refractivity contribution in [2.75, 3.05) is 11.1 Å². The van der Waals surface area contributed by atoms with Gasteiger partial charge in [-0.25, -0.2) is 0 Å². The lowest BCUT2D eigenvalue weighted by molar-refractivity contribution is -0.133. The lowest BCUT2D eigenvalue weighted by atomic mass is 10.1. The lowest BCUT2D eigenvalue weighted by Crippen LogP contribution is -2.47. The van der Waals surface area contributed by atoms with Crippen LogP contribution in [0.4, 0.5) is 11.4 Å². The summed E-state index contributed by atoms with van der Waals surface area (Å²) in [6.45, 7) is 0. The normalized spacial score (nSPS) is 19.9. The lowest BCUT2D eigenvalue weighted by Gasteiger charge is -2.23. The van der Waals surface area contributed by atoms with Crippen molar-refractivity contribution >= 4 is 34.8 Å². The van der Waals surface area contributed by atoms with Crippen molar-refractivity contribution in [2.24, 2.45) is 0 Å². The quantitative estimate of drug-likeness (QED) is 0.545. The first-order valence-electron chi connectivity index (χ1n) is 5.22. The van der Waals surface area contributed by atoms with Gasteiger partial charge in [0, 0.05) is 6.42 Å². The minimum Gasteiger partial charge on any atom is -0.397 e. The number of halogens is 1. The van der Waals surface area contributed by atoms with Crippen LogP contribution in [0.25, 0.3) is 0 Å². The number of anilines is 2. The summed E-state index contributed by atoms with van der Waals surface area (Å²) >= 11 is 5.98. The third-order valence-corrected chi connectivity index (χ3v) is 2.92. The van der Waals surface area contributed by atoms with E-state index < -0.39 is 6.04 Å². The van der Waals surface area contributed by atoms with E-state index in [1.165, 1.54) is 0 Å². The Labute approximate surface area is 103 Å². The molecule has 1 aliphatic heterocycles. The highest BCUT2D eigenvalue weighted by Gasteiger charge is 2.27. The van der Waals surface area contributed by atoms with Gasteiger partial charge in [0.25, 0.3) is 0 Å². The number of para-hydroxylation sites is 1. The maximum Gasteiger partial charge on any atom is 0.249 e. The maximum absolute atomic E-state index is 11.6. The van der Waals surface area contributed by atoms with E-state index in [1.54, 1.807) is 18.2 Å². The van der Waals surface area contributed by atoms with Crippen molar-refractivity contribution in [2.45, 2.75) is 18.9 Å². The second-order valence-electron chi connectivity index (χ2n) is 3.85. The SMILES string of the molecule is Nc1cccc(Cl)c1NC1CCC(=O)NC1=O. The van der Waals surface area contributed by atoms with E-state index in [2.05, 4.69) is 10.6 Å². The van der Waals surface area contributed by atoms with Crippen LogP contribution in [0.15, 0.2) is 18.2 Å². The fraction of sp³-hybridized carbons (Fsp3) is 0.273. The molecule has 1 unspecified atom stereocenters. The number of rotatable bonds is 2. The molecule has 1 aromatic carbocycles. The van der Waals surface area contributed by atoms with Crippen molar-refractivity contribution < 1.29 is 9.59 Å². The molecule has 0 spiro atoms. The fourth-order valence-electron chi connectivity index (χ4n) is 1.70. The van der Waals surface area contributed by atoms with Gasteiger partial charge in [0.1, 0.15) is 6.04 Å². The third-order valence-electron chi connectivity index (χ3n) is 2.60. The number of imide groups is 1. The molecule has 0 bridgehead atoms. The largest absolute Gasteiger partial charge is 0.397 e. The number of benzene rings is 1. The molecule has 0 aliphatic carbocycles. The molecule has 90 valence electrons. The van der Waals surface area contributed by atoms with Gasteiger partial charge in [-0.1, -0.05) is 17.7 Å². The van der Waals surface area contributed by atoms with Crippen LogP contribution >= 0.6 is 11.6 Å². The van der Waals surface area contributed by atoms with Crippen LogP contribution in [0.1, 0.15) is 12.8 Å². The van der Waals surface area contributed by atoms with E-state index in [0.717, 1.165) is 0 Å². The highest BCUT2D eigenvalue weighted by molar-refractivity contribution is 6.34. The van der Waals surface area contributed by atoms with Crippen molar-refractivity contribution in [3.63, 3.8) is 0 Å². The van der Waals surface area contributed by atoms with Crippen molar-refractivity contribution in [3.05, 3.63) is 23.2 Å². The Balaban J connectivity index is 2.16. The Kier molecular flexibility index (Phi) is 3.19. The zero-order chi connectivity index (χ0) is 12.4. The molecule has 1 aliphatic rings. The van der Waals surface area contributed by atoms with E-state index >= 15 is 0 Å². The molecular weight excluding hydrogens is 242 g/mol. The monoisotopic (exact) mass is 253 g/mol. The molecule has 0 saturated carbocycles. The summed E-state index contributed by atoms with van der Waals surface area (Å²) in [6, 6.07) is 4.63. The van der Waals surface area contributed by atoms with Crippen LogP contribution in [0.2, 0.25) is 5.02 Å². The minimum absolute atomic E-state index is 0.250. The average molecular weight is 254 g/mol. The molecule has 0 radical (unpaired) electrons.